The van der Waals surface area contributed by atoms with E-state index in [0.29, 0.717) is 39.0 Å². The van der Waals surface area contributed by atoms with Crippen molar-refractivity contribution in [1.82, 2.24) is 5.01 Å². The van der Waals surface area contributed by atoms with Gasteiger partial charge in [0.15, 0.2) is 17.3 Å². The quantitative estimate of drug-likeness (QED) is 0.193. The maximum absolute atomic E-state index is 13.9. The number of hydrogen-bond acceptors (Lipinski definition) is 8. The van der Waals surface area contributed by atoms with Crippen LogP contribution in [0.5, 0.6) is 11.5 Å². The van der Waals surface area contributed by atoms with Crippen LogP contribution in [0.25, 0.3) is 0 Å². The summed E-state index contributed by atoms with van der Waals surface area (Å²) in [6, 6.07) is 21.5. The molecule has 11 heteroatoms. The molecule has 1 atom stereocenters. The molecule has 0 saturated heterocycles. The van der Waals surface area contributed by atoms with Crippen LogP contribution in [0, 0.1) is 10.7 Å². The minimum atomic E-state index is -1.01. The van der Waals surface area contributed by atoms with Gasteiger partial charge in [-0.3, -0.25) is 9.59 Å². The Morgan fingerprint density at radius 1 is 1.02 bits per heavy atom. The molecule has 2 amide bonds. The second-order valence-corrected chi connectivity index (χ2v) is 11.8. The number of methoxy groups -OCH3 is 1. The number of carbonyl (C=O) groups excluding carboxylic acids is 2. The number of para-hydroxylation sites is 1. The van der Waals surface area contributed by atoms with Crippen molar-refractivity contribution < 1.29 is 27.9 Å². The van der Waals surface area contributed by atoms with Gasteiger partial charge in [-0.2, -0.15) is 5.10 Å². The van der Waals surface area contributed by atoms with E-state index in [1.807, 2.05) is 18.2 Å². The van der Waals surface area contributed by atoms with Crippen molar-refractivity contribution in [2.75, 3.05) is 7.11 Å². The molecule has 0 spiro atoms. The molecule has 0 bridgehead atoms. The Morgan fingerprint density at radius 2 is 1.74 bits per heavy atom. The summed E-state index contributed by atoms with van der Waals surface area (Å²) in [6.45, 7) is 6.24. The van der Waals surface area contributed by atoms with Crippen LogP contribution >= 0.6 is 11.8 Å². The third-order valence-electron chi connectivity index (χ3n) is 6.75. The average molecular weight is 602 g/mol. The van der Waals surface area contributed by atoms with E-state index in [9.17, 15) is 18.9 Å². The van der Waals surface area contributed by atoms with Gasteiger partial charge in [0.2, 0.25) is 0 Å². The number of amides is 2. The summed E-state index contributed by atoms with van der Waals surface area (Å²) in [7, 11) is 1.49. The molecule has 0 aliphatic carbocycles. The highest BCUT2D eigenvalue weighted by atomic mass is 32.2. The molecule has 1 aliphatic heterocycles. The first kappa shape index (κ1) is 29.7. The minimum Gasteiger partial charge on any atom is -0.492 e. The molecule has 5 rings (SSSR count). The molecular formula is C32H28FN3O6S. The zero-order chi connectivity index (χ0) is 30.7. The first-order valence-corrected chi connectivity index (χ1v) is 14.2. The van der Waals surface area contributed by atoms with E-state index >= 15 is 0 Å². The molecule has 1 unspecified atom stereocenters. The Hall–Kier alpha value is -4.77. The van der Waals surface area contributed by atoms with E-state index in [2.05, 4.69) is 31.0 Å². The molecule has 0 N–H and O–H groups in total. The second kappa shape index (κ2) is 12.2. The molecule has 0 fully saturated rings. The van der Waals surface area contributed by atoms with Gasteiger partial charge in [-0.25, -0.2) is 9.40 Å². The number of rotatable bonds is 8. The second-order valence-electron chi connectivity index (χ2n) is 10.7. The lowest BCUT2D eigenvalue weighted by molar-refractivity contribution is 0.0747. The Bertz CT molecular complexity index is 1690. The molecule has 0 saturated carbocycles. The van der Waals surface area contributed by atoms with Gasteiger partial charge in [0.05, 0.1) is 7.11 Å². The van der Waals surface area contributed by atoms with Gasteiger partial charge in [-0.1, -0.05) is 56.8 Å². The van der Waals surface area contributed by atoms with Crippen LogP contribution in [0.4, 0.5) is 4.39 Å². The standard InChI is InChI=1S/C32H28FN3O6S/c1-32(2,3)21-12-8-20(9-13-21)30(38)36-31(43-29(34-36)19-10-14-22(33)15-11-19)24-6-5-7-25(27(24)40-4)41-18-23-16-17-26(42-23)28(37)35-39/h5-17,31H,18H2,1-4H3. The molecule has 4 aromatic rings. The molecule has 2 heterocycles. The summed E-state index contributed by atoms with van der Waals surface area (Å²) < 4.78 is 30.7. The fourth-order valence-corrected chi connectivity index (χ4v) is 5.64. The predicted molar refractivity (Wildman–Crippen MR) is 161 cm³/mol. The molecule has 220 valence electrons. The van der Waals surface area contributed by atoms with Gasteiger partial charge in [0.1, 0.15) is 28.6 Å². The summed E-state index contributed by atoms with van der Waals surface area (Å²) in [6.07, 6.45) is 0. The van der Waals surface area contributed by atoms with Gasteiger partial charge in [-0.15, -0.1) is 4.91 Å². The number of hydrogen-bond donors (Lipinski definition) is 0. The van der Waals surface area contributed by atoms with E-state index in [-0.39, 0.29) is 29.5 Å². The fourth-order valence-electron chi connectivity index (χ4n) is 4.46. The zero-order valence-corrected chi connectivity index (χ0v) is 24.7. The van der Waals surface area contributed by atoms with Gasteiger partial charge in [0.25, 0.3) is 5.91 Å². The van der Waals surface area contributed by atoms with Crippen molar-refractivity contribution in [3.8, 4) is 11.5 Å². The third-order valence-corrected chi connectivity index (χ3v) is 7.96. The van der Waals surface area contributed by atoms with Crippen LogP contribution in [-0.2, 0) is 12.0 Å². The number of ether oxygens (including phenoxy) is 2. The Labute approximate surface area is 251 Å². The molecule has 1 aliphatic rings. The monoisotopic (exact) mass is 601 g/mol. The van der Waals surface area contributed by atoms with Gasteiger partial charge < -0.3 is 13.9 Å². The highest BCUT2D eigenvalue weighted by molar-refractivity contribution is 8.14. The van der Waals surface area contributed by atoms with Crippen molar-refractivity contribution in [1.29, 1.82) is 0 Å². The van der Waals surface area contributed by atoms with Crippen molar-refractivity contribution in [2.24, 2.45) is 10.3 Å². The number of nitrogens with zero attached hydrogens (tertiary/aromatic N) is 3. The maximum Gasteiger partial charge on any atom is 0.351 e. The number of furan rings is 1. The number of halogens is 1. The molecule has 1 aromatic heterocycles. The third kappa shape index (κ3) is 6.36. The molecule has 3 aromatic carbocycles. The van der Waals surface area contributed by atoms with Crippen LogP contribution in [-0.4, -0.2) is 29.0 Å². The van der Waals surface area contributed by atoms with Gasteiger partial charge in [0, 0.05) is 21.9 Å². The van der Waals surface area contributed by atoms with Crippen LogP contribution in [0.1, 0.15) is 69.5 Å². The summed E-state index contributed by atoms with van der Waals surface area (Å²) in [5, 5.41) is 8.33. The lowest BCUT2D eigenvalue weighted by atomic mass is 9.86. The van der Waals surface area contributed by atoms with Gasteiger partial charge in [-0.05, 0) is 65.6 Å². The lowest BCUT2D eigenvalue weighted by Gasteiger charge is -2.24. The van der Waals surface area contributed by atoms with Crippen molar-refractivity contribution >= 4 is 28.6 Å². The molecule has 43 heavy (non-hydrogen) atoms. The largest absolute Gasteiger partial charge is 0.492 e. The number of nitroso groups, excluding NO2 is 1. The summed E-state index contributed by atoms with van der Waals surface area (Å²) >= 11 is 1.32. The van der Waals surface area contributed by atoms with Crippen molar-refractivity contribution in [2.45, 2.75) is 38.2 Å². The van der Waals surface area contributed by atoms with Crippen molar-refractivity contribution in [3.05, 3.63) is 123 Å². The average Bonchev–Trinajstić information content (AvgIpc) is 3.67. The number of thioether (sulfide) groups is 1. The molecule has 0 radical (unpaired) electrons. The van der Waals surface area contributed by atoms with E-state index in [0.717, 1.165) is 5.56 Å². The maximum atomic E-state index is 13.9. The van der Waals surface area contributed by atoms with Crippen LogP contribution in [0.3, 0.4) is 0 Å². The zero-order valence-electron chi connectivity index (χ0n) is 23.9. The van der Waals surface area contributed by atoms with E-state index in [1.165, 1.54) is 48.1 Å². The van der Waals surface area contributed by atoms with E-state index < -0.39 is 11.3 Å². The Morgan fingerprint density at radius 3 is 2.40 bits per heavy atom. The predicted octanol–water partition coefficient (Wildman–Crippen LogP) is 7.46. The van der Waals surface area contributed by atoms with Crippen LogP contribution in [0.15, 0.2) is 93.6 Å². The van der Waals surface area contributed by atoms with Crippen molar-refractivity contribution in [3.63, 3.8) is 0 Å². The van der Waals surface area contributed by atoms with Crippen LogP contribution in [0.2, 0.25) is 0 Å². The lowest BCUT2D eigenvalue weighted by Crippen LogP contribution is -2.26. The Kier molecular flexibility index (Phi) is 8.45. The smallest absolute Gasteiger partial charge is 0.351 e. The SMILES string of the molecule is COc1c(OCc2ccc(C(=O)N=O)o2)cccc1C1SC(c2ccc(F)cc2)=NN1C(=O)c1ccc(C(C)(C)C)cc1. The molecular weight excluding hydrogens is 573 g/mol. The summed E-state index contributed by atoms with van der Waals surface area (Å²) in [5.41, 5.74) is 2.75. The fraction of sp³-hybridized carbons (Fsp3) is 0.219. The first-order valence-electron chi connectivity index (χ1n) is 13.3. The summed E-state index contributed by atoms with van der Waals surface area (Å²) in [5.74, 6) is -0.875. The van der Waals surface area contributed by atoms with E-state index in [1.54, 1.807) is 36.4 Å². The highest BCUT2D eigenvalue weighted by Crippen LogP contribution is 2.47. The first-order chi connectivity index (χ1) is 20.6. The normalized spacial score (nSPS) is 14.8. The van der Waals surface area contributed by atoms with E-state index in [4.69, 9.17) is 13.9 Å². The topological polar surface area (TPSA) is 111 Å². The van der Waals surface area contributed by atoms with Crippen LogP contribution < -0.4 is 9.47 Å². The highest BCUT2D eigenvalue weighted by Gasteiger charge is 2.37. The minimum absolute atomic E-state index is 0.0656. The Balaban J connectivity index is 1.48. The number of benzene rings is 3. The number of hydrazone groups is 1. The van der Waals surface area contributed by atoms with Gasteiger partial charge >= 0.3 is 5.91 Å². The summed E-state index contributed by atoms with van der Waals surface area (Å²) in [4.78, 5) is 35.9. The number of carbonyl (C=O) groups is 2. The molecule has 9 nitrogen and oxygen atoms in total.